The minimum atomic E-state index is -0.474. The number of ether oxygens (including phenoxy) is 5. The second-order valence-electron chi connectivity index (χ2n) is 8.06. The number of aromatic hydroxyl groups is 1. The van der Waals surface area contributed by atoms with Gasteiger partial charge in [-0.15, -0.1) is 0 Å². The fourth-order valence-electron chi connectivity index (χ4n) is 5.14. The Morgan fingerprint density at radius 2 is 1.69 bits per heavy atom. The number of carbonyl (C=O) groups is 1. The number of carbonyl (C=O) groups excluding carboxylic acids is 1. The standard InChI is InChI=1S/C23H25NO8/c1-28-17-5-11(6-18(29-2)22(17)26)19-12-7-15-16(32-10-31-15)8-13(12)21(24-3-4-25)14-9-30-23(27)20(14)19/h5-8,14,19-21,24-26H,3-4,9-10H2,1-2H3/t14-,19+,20-,21+/m0/s1. The quantitative estimate of drug-likeness (QED) is 0.574. The molecular weight excluding hydrogens is 418 g/mol. The van der Waals surface area contributed by atoms with Gasteiger partial charge in [-0.2, -0.15) is 0 Å². The summed E-state index contributed by atoms with van der Waals surface area (Å²) in [6, 6.07) is 7.08. The maximum atomic E-state index is 13.0. The molecule has 170 valence electrons. The van der Waals surface area contributed by atoms with E-state index in [2.05, 4.69) is 5.32 Å². The van der Waals surface area contributed by atoms with Crippen LogP contribution in [-0.4, -0.2) is 57.0 Å². The first-order chi connectivity index (χ1) is 15.6. The van der Waals surface area contributed by atoms with Crippen LogP contribution in [0.15, 0.2) is 24.3 Å². The van der Waals surface area contributed by atoms with Crippen LogP contribution in [0.4, 0.5) is 0 Å². The zero-order chi connectivity index (χ0) is 22.4. The molecule has 0 aromatic heterocycles. The van der Waals surface area contributed by atoms with E-state index < -0.39 is 5.92 Å². The molecule has 9 nitrogen and oxygen atoms in total. The van der Waals surface area contributed by atoms with Crippen molar-refractivity contribution in [1.29, 1.82) is 0 Å². The summed E-state index contributed by atoms with van der Waals surface area (Å²) in [5, 5.41) is 23.2. The maximum Gasteiger partial charge on any atom is 0.310 e. The van der Waals surface area contributed by atoms with E-state index in [1.54, 1.807) is 12.1 Å². The van der Waals surface area contributed by atoms with Gasteiger partial charge < -0.3 is 39.2 Å². The number of fused-ring (bicyclic) bond motifs is 3. The van der Waals surface area contributed by atoms with Crippen molar-refractivity contribution in [3.63, 3.8) is 0 Å². The molecule has 0 spiro atoms. The third-order valence-corrected chi connectivity index (χ3v) is 6.52. The minimum absolute atomic E-state index is 0.0294. The molecule has 2 aromatic carbocycles. The lowest BCUT2D eigenvalue weighted by Crippen LogP contribution is -2.41. The Morgan fingerprint density at radius 3 is 2.31 bits per heavy atom. The highest BCUT2D eigenvalue weighted by Crippen LogP contribution is 2.55. The first kappa shape index (κ1) is 20.7. The van der Waals surface area contributed by atoms with Crippen LogP contribution < -0.4 is 24.3 Å². The van der Waals surface area contributed by atoms with E-state index in [9.17, 15) is 15.0 Å². The fourth-order valence-corrected chi connectivity index (χ4v) is 5.14. The van der Waals surface area contributed by atoms with Crippen molar-refractivity contribution in [1.82, 2.24) is 5.32 Å². The van der Waals surface area contributed by atoms with E-state index in [0.717, 1.165) is 16.7 Å². The number of phenolic OH excluding ortho intramolecular Hbond substituents is 1. The fraction of sp³-hybridized carbons (Fsp3) is 0.435. The number of phenols is 1. The van der Waals surface area contributed by atoms with E-state index in [4.69, 9.17) is 23.7 Å². The zero-order valence-corrected chi connectivity index (χ0v) is 17.8. The van der Waals surface area contributed by atoms with Crippen LogP contribution in [0.25, 0.3) is 0 Å². The number of benzene rings is 2. The zero-order valence-electron chi connectivity index (χ0n) is 17.8. The van der Waals surface area contributed by atoms with Crippen LogP contribution in [-0.2, 0) is 9.53 Å². The van der Waals surface area contributed by atoms with Crippen molar-refractivity contribution in [2.24, 2.45) is 11.8 Å². The number of aliphatic hydroxyl groups excluding tert-OH is 1. The smallest absolute Gasteiger partial charge is 0.310 e. The number of hydrogen-bond acceptors (Lipinski definition) is 9. The van der Waals surface area contributed by atoms with Crippen LogP contribution in [0, 0.1) is 11.8 Å². The molecule has 0 saturated carbocycles. The topological polar surface area (TPSA) is 116 Å². The summed E-state index contributed by atoms with van der Waals surface area (Å²) in [5.74, 6) is 0.361. The summed E-state index contributed by atoms with van der Waals surface area (Å²) in [6.45, 7) is 0.747. The Balaban J connectivity index is 1.72. The lowest BCUT2D eigenvalue weighted by atomic mass is 9.65. The Labute approximate surface area is 184 Å². The van der Waals surface area contributed by atoms with Gasteiger partial charge in [0.25, 0.3) is 0 Å². The molecule has 0 radical (unpaired) electrons. The molecule has 2 heterocycles. The van der Waals surface area contributed by atoms with Gasteiger partial charge in [0, 0.05) is 24.4 Å². The van der Waals surface area contributed by atoms with Gasteiger partial charge in [-0.25, -0.2) is 0 Å². The summed E-state index contributed by atoms with van der Waals surface area (Å²) >= 11 is 0. The van der Waals surface area contributed by atoms with E-state index in [-0.39, 0.29) is 61.1 Å². The average Bonchev–Trinajstić information content (AvgIpc) is 3.42. The maximum absolute atomic E-state index is 13.0. The number of aliphatic hydroxyl groups is 1. The third-order valence-electron chi connectivity index (χ3n) is 6.52. The predicted octanol–water partition coefficient (Wildman–Crippen LogP) is 1.70. The number of nitrogens with one attached hydrogen (secondary N) is 1. The highest BCUT2D eigenvalue weighted by molar-refractivity contribution is 5.79. The average molecular weight is 443 g/mol. The van der Waals surface area contributed by atoms with Gasteiger partial charge in [0.05, 0.1) is 33.4 Å². The predicted molar refractivity (Wildman–Crippen MR) is 111 cm³/mol. The summed E-state index contributed by atoms with van der Waals surface area (Å²) in [6.07, 6.45) is 0. The van der Waals surface area contributed by atoms with E-state index in [0.29, 0.717) is 18.0 Å². The van der Waals surface area contributed by atoms with Gasteiger partial charge in [0.1, 0.15) is 0 Å². The molecule has 3 aliphatic rings. The van der Waals surface area contributed by atoms with Crippen LogP contribution in [0.3, 0.4) is 0 Å². The first-order valence-electron chi connectivity index (χ1n) is 10.5. The van der Waals surface area contributed by atoms with Crippen molar-refractivity contribution in [2.45, 2.75) is 12.0 Å². The lowest BCUT2D eigenvalue weighted by molar-refractivity contribution is -0.141. The second-order valence-corrected chi connectivity index (χ2v) is 8.06. The van der Waals surface area contributed by atoms with Crippen molar-refractivity contribution >= 4 is 5.97 Å². The molecule has 2 aliphatic heterocycles. The van der Waals surface area contributed by atoms with Gasteiger partial charge in [0.2, 0.25) is 12.5 Å². The molecule has 3 N–H and O–H groups in total. The monoisotopic (exact) mass is 443 g/mol. The van der Waals surface area contributed by atoms with Gasteiger partial charge in [0.15, 0.2) is 23.0 Å². The second kappa shape index (κ2) is 8.07. The van der Waals surface area contributed by atoms with E-state index in [1.807, 2.05) is 12.1 Å². The highest BCUT2D eigenvalue weighted by Gasteiger charge is 2.52. The number of rotatable bonds is 6. The molecule has 1 aliphatic carbocycles. The molecule has 32 heavy (non-hydrogen) atoms. The highest BCUT2D eigenvalue weighted by atomic mass is 16.7. The SMILES string of the molecule is COc1cc([C@@H]2c3cc4c(cc3[C@@H](NCCO)[C@H]3COC(=O)[C@H]23)OCO4)cc(OC)c1O. The molecule has 1 saturated heterocycles. The molecule has 4 atom stereocenters. The lowest BCUT2D eigenvalue weighted by Gasteiger charge is -2.39. The van der Waals surface area contributed by atoms with Gasteiger partial charge >= 0.3 is 5.97 Å². The Kier molecular flexibility index (Phi) is 5.22. The van der Waals surface area contributed by atoms with Crippen LogP contribution in [0.1, 0.15) is 28.7 Å². The largest absolute Gasteiger partial charge is 0.502 e. The first-order valence-corrected chi connectivity index (χ1v) is 10.5. The summed E-state index contributed by atoms with van der Waals surface area (Å²) < 4.78 is 27.5. The normalized spacial score (nSPS) is 25.2. The summed E-state index contributed by atoms with van der Waals surface area (Å²) in [5.41, 5.74) is 2.60. The molecule has 0 amide bonds. The number of methoxy groups -OCH3 is 2. The van der Waals surface area contributed by atoms with Crippen LogP contribution in [0.2, 0.25) is 0 Å². The van der Waals surface area contributed by atoms with Crippen molar-refractivity contribution in [3.8, 4) is 28.7 Å². The number of esters is 1. The van der Waals surface area contributed by atoms with Crippen molar-refractivity contribution in [2.75, 3.05) is 40.8 Å². The molecule has 0 bridgehead atoms. The Hall–Kier alpha value is -3.17. The molecular formula is C23H25NO8. The van der Waals surface area contributed by atoms with Crippen LogP contribution in [0.5, 0.6) is 28.7 Å². The molecule has 2 aromatic rings. The molecule has 5 rings (SSSR count). The van der Waals surface area contributed by atoms with E-state index >= 15 is 0 Å². The Bertz CT molecular complexity index is 1030. The van der Waals surface area contributed by atoms with Gasteiger partial charge in [-0.05, 0) is 41.0 Å². The van der Waals surface area contributed by atoms with Crippen molar-refractivity contribution in [3.05, 3.63) is 41.0 Å². The summed E-state index contributed by atoms with van der Waals surface area (Å²) in [7, 11) is 2.93. The van der Waals surface area contributed by atoms with Gasteiger partial charge in [-0.3, -0.25) is 4.79 Å². The number of cyclic esters (lactones) is 1. The van der Waals surface area contributed by atoms with Gasteiger partial charge in [-0.1, -0.05) is 0 Å². The third kappa shape index (κ3) is 3.11. The number of hydrogen-bond donors (Lipinski definition) is 3. The minimum Gasteiger partial charge on any atom is -0.502 e. The molecule has 1 fully saturated rings. The molecule has 9 heteroatoms. The van der Waals surface area contributed by atoms with Crippen LogP contribution >= 0.6 is 0 Å². The van der Waals surface area contributed by atoms with Crippen molar-refractivity contribution < 1.29 is 38.7 Å². The Morgan fingerprint density at radius 1 is 1.03 bits per heavy atom. The summed E-state index contributed by atoms with van der Waals surface area (Å²) in [4.78, 5) is 13.0. The molecule has 0 unspecified atom stereocenters. The van der Waals surface area contributed by atoms with E-state index in [1.165, 1.54) is 14.2 Å².